The van der Waals surface area contributed by atoms with E-state index >= 15 is 0 Å². The van der Waals surface area contributed by atoms with Crippen LogP contribution in [0.2, 0.25) is 0 Å². The number of unbranched alkanes of at least 4 members (excludes halogenated alkanes) is 31. The minimum atomic E-state index is -5.63. The van der Waals surface area contributed by atoms with E-state index in [-0.39, 0.29) is 12.8 Å². The molecule has 1 saturated carbocycles. The summed E-state index contributed by atoms with van der Waals surface area (Å²) in [6.45, 7) is 1.07. The van der Waals surface area contributed by atoms with Gasteiger partial charge >= 0.3 is 19.8 Å². The Morgan fingerprint density at radius 3 is 1.05 bits per heavy atom. The maximum Gasteiger partial charge on any atom is 0.472 e. The van der Waals surface area contributed by atoms with Gasteiger partial charge in [0.25, 0.3) is 0 Å². The highest BCUT2D eigenvalue weighted by Crippen LogP contribution is 2.49. The van der Waals surface area contributed by atoms with Crippen LogP contribution in [0.5, 0.6) is 0 Å². The van der Waals surface area contributed by atoms with Crippen LogP contribution < -0.4 is 0 Å². The summed E-state index contributed by atoms with van der Waals surface area (Å²) in [5.74, 6) is -1.32. The van der Waals surface area contributed by atoms with E-state index in [4.69, 9.17) is 37.5 Å². The molecule has 2 heterocycles. The first-order chi connectivity index (χ1) is 40.4. The summed E-state index contributed by atoms with van der Waals surface area (Å²) >= 11 is 0. The highest BCUT2D eigenvalue weighted by atomic mass is 31.2. The van der Waals surface area contributed by atoms with Crippen molar-refractivity contribution in [2.45, 2.75) is 343 Å². The Balaban J connectivity index is 1.64. The molecule has 0 aromatic carbocycles. The van der Waals surface area contributed by atoms with E-state index in [9.17, 15) is 75.2 Å². The van der Waals surface area contributed by atoms with Crippen LogP contribution in [0.15, 0.2) is 0 Å². The fourth-order valence-electron chi connectivity index (χ4n) is 11.1. The van der Waals surface area contributed by atoms with Crippen LogP contribution >= 0.6 is 7.82 Å². The van der Waals surface area contributed by atoms with Gasteiger partial charge in [0.1, 0.15) is 92.1 Å². The molecule has 12 N–H and O–H groups in total. The number of rotatable bonds is 49. The van der Waals surface area contributed by atoms with E-state index < -0.39 is 150 Å². The fraction of sp³-hybridized carbons (Fsp3) is 0.967. The maximum atomic E-state index is 14.1. The smallest absolute Gasteiger partial charge is 0.462 e. The van der Waals surface area contributed by atoms with E-state index in [1.165, 1.54) is 141 Å². The van der Waals surface area contributed by atoms with Crippen molar-refractivity contribution in [1.29, 1.82) is 0 Å². The Morgan fingerprint density at radius 1 is 0.405 bits per heavy atom. The second kappa shape index (κ2) is 44.8. The summed E-state index contributed by atoms with van der Waals surface area (Å²) in [5.41, 5.74) is 0. The molecule has 0 spiro atoms. The van der Waals surface area contributed by atoms with Gasteiger partial charge in [-0.25, -0.2) is 4.57 Å². The van der Waals surface area contributed by atoms with Crippen LogP contribution in [0.4, 0.5) is 0 Å². The van der Waals surface area contributed by atoms with Gasteiger partial charge in [0, 0.05) is 12.8 Å². The van der Waals surface area contributed by atoms with Crippen molar-refractivity contribution in [1.82, 2.24) is 0 Å². The Bertz CT molecular complexity index is 1670. The van der Waals surface area contributed by atoms with Crippen molar-refractivity contribution < 1.29 is 113 Å². The molecular formula is C60H113O23P. The van der Waals surface area contributed by atoms with Gasteiger partial charge in [0.05, 0.1) is 19.8 Å². The van der Waals surface area contributed by atoms with Crippen molar-refractivity contribution in [3.8, 4) is 0 Å². The third-order valence-electron chi connectivity index (χ3n) is 16.4. The summed E-state index contributed by atoms with van der Waals surface area (Å²) in [6, 6.07) is 0. The average Bonchev–Trinajstić information content (AvgIpc) is 3.14. The molecule has 16 unspecified atom stereocenters. The molecular weight excluding hydrogens is 1120 g/mol. The number of ether oxygens (including phenoxy) is 6. The number of phosphoric acid groups is 1. The van der Waals surface area contributed by atoms with Crippen LogP contribution in [0.3, 0.4) is 0 Å². The van der Waals surface area contributed by atoms with Gasteiger partial charge in [0.15, 0.2) is 18.7 Å². The van der Waals surface area contributed by atoms with Crippen LogP contribution in [0.1, 0.15) is 239 Å². The number of carbonyl (C=O) groups excluding carboxylic acids is 2. The summed E-state index contributed by atoms with van der Waals surface area (Å²) < 4.78 is 58.3. The Labute approximate surface area is 500 Å². The number of hydrogen-bond acceptors (Lipinski definition) is 22. The van der Waals surface area contributed by atoms with Gasteiger partial charge in [-0.05, 0) is 12.8 Å². The first-order valence-corrected chi connectivity index (χ1v) is 33.9. The predicted molar refractivity (Wildman–Crippen MR) is 310 cm³/mol. The first-order valence-electron chi connectivity index (χ1n) is 32.4. The van der Waals surface area contributed by atoms with E-state index in [0.717, 1.165) is 57.8 Å². The largest absolute Gasteiger partial charge is 0.472 e. The summed E-state index contributed by atoms with van der Waals surface area (Å²) in [6.07, 6.45) is 3.43. The lowest BCUT2D eigenvalue weighted by atomic mass is 9.84. The second-order valence-electron chi connectivity index (χ2n) is 23.7. The molecule has 23 nitrogen and oxygen atoms in total. The number of carbonyl (C=O) groups is 2. The zero-order chi connectivity index (χ0) is 61.7. The molecule has 1 aliphatic carbocycles. The fourth-order valence-corrected chi connectivity index (χ4v) is 12.0. The summed E-state index contributed by atoms with van der Waals surface area (Å²) in [7, 11) is -5.63. The minimum Gasteiger partial charge on any atom is -0.462 e. The molecule has 24 heteroatoms. The second-order valence-corrected chi connectivity index (χ2v) is 25.1. The molecule has 496 valence electrons. The van der Waals surface area contributed by atoms with E-state index in [0.29, 0.717) is 12.8 Å². The first kappa shape index (κ1) is 76.7. The number of phosphoric ester groups is 1. The predicted octanol–water partition coefficient (Wildman–Crippen LogP) is 6.10. The molecule has 0 radical (unpaired) electrons. The minimum absolute atomic E-state index is 0.0243. The molecule has 0 bridgehead atoms. The van der Waals surface area contributed by atoms with Crippen LogP contribution in [-0.4, -0.2) is 204 Å². The summed E-state index contributed by atoms with van der Waals surface area (Å²) in [4.78, 5) is 37.6. The maximum absolute atomic E-state index is 14.1. The molecule has 0 amide bonds. The van der Waals surface area contributed by atoms with Gasteiger partial charge < -0.3 is 89.5 Å². The van der Waals surface area contributed by atoms with Gasteiger partial charge in [-0.2, -0.15) is 0 Å². The monoisotopic (exact) mass is 1230 g/mol. The topological polar surface area (TPSA) is 368 Å². The third kappa shape index (κ3) is 29.4. The van der Waals surface area contributed by atoms with E-state index in [1.54, 1.807) is 0 Å². The lowest BCUT2D eigenvalue weighted by molar-refractivity contribution is -0.360. The van der Waals surface area contributed by atoms with Gasteiger partial charge in [-0.1, -0.05) is 213 Å². The molecule has 3 rings (SSSR count). The van der Waals surface area contributed by atoms with Gasteiger partial charge in [0.2, 0.25) is 0 Å². The number of aliphatic hydroxyl groups is 11. The molecule has 3 aliphatic rings. The van der Waals surface area contributed by atoms with E-state index in [1.807, 2.05) is 0 Å². The molecule has 84 heavy (non-hydrogen) atoms. The standard InChI is InChI=1S/C60H113O23P/c1-3-5-7-9-11-13-15-17-19-21-23-24-26-28-30-32-34-36-45(63)76-40-42(78-46(64)37-35-33-31-29-27-25-22-20-18-16-14-12-10-8-6-4-2)41-77-84(74,75)83-58-56(81-59-54(72)49(67)47(65)43(38-61)79-59)52(70)51(69)53(71)57(58)82-60-55(73)50(68)48(66)44(39-62)80-60/h42-44,47-62,65-73H,3-41H2,1-2H3,(H,74,75). The number of esters is 2. The Morgan fingerprint density at radius 2 is 0.714 bits per heavy atom. The van der Waals surface area contributed by atoms with Crippen molar-refractivity contribution in [2.24, 2.45) is 0 Å². The highest BCUT2D eigenvalue weighted by Gasteiger charge is 2.58. The molecule has 16 atom stereocenters. The van der Waals surface area contributed by atoms with Gasteiger partial charge in [-0.15, -0.1) is 0 Å². The zero-order valence-electron chi connectivity index (χ0n) is 50.7. The molecule has 2 saturated heterocycles. The van der Waals surface area contributed by atoms with Crippen molar-refractivity contribution >= 4 is 19.8 Å². The molecule has 0 aromatic heterocycles. The third-order valence-corrected chi connectivity index (χ3v) is 17.4. The number of aliphatic hydroxyl groups excluding tert-OH is 11. The average molecular weight is 1230 g/mol. The zero-order valence-corrected chi connectivity index (χ0v) is 51.6. The molecule has 3 fully saturated rings. The van der Waals surface area contributed by atoms with Crippen LogP contribution in [0, 0.1) is 0 Å². The van der Waals surface area contributed by atoms with Gasteiger partial charge in [-0.3, -0.25) is 18.6 Å². The van der Waals surface area contributed by atoms with E-state index in [2.05, 4.69) is 13.8 Å². The normalized spacial score (nSPS) is 30.3. The van der Waals surface area contributed by atoms with Crippen molar-refractivity contribution in [2.75, 3.05) is 26.4 Å². The summed E-state index contributed by atoms with van der Waals surface area (Å²) in [5, 5.41) is 117. The van der Waals surface area contributed by atoms with Crippen molar-refractivity contribution in [3.05, 3.63) is 0 Å². The van der Waals surface area contributed by atoms with Crippen LogP contribution in [0.25, 0.3) is 0 Å². The lowest BCUT2D eigenvalue weighted by Gasteiger charge is -2.49. The Kier molecular flexibility index (Phi) is 40.9. The van der Waals surface area contributed by atoms with Crippen LogP contribution in [-0.2, 0) is 51.6 Å². The SMILES string of the molecule is CCCCCCCCCCCCCCCCCCCC(=O)OCC(COP(=O)(O)OC1C(OC2OC(CO)C(O)C(O)C2O)C(O)C(O)C(O)C1OC1OC(CO)C(O)C(O)C1O)OC(=O)CCCCCCCCCCCCCCCCCC. The number of hydrogen-bond donors (Lipinski definition) is 12. The lowest BCUT2D eigenvalue weighted by Crippen LogP contribution is -2.69. The molecule has 2 aliphatic heterocycles. The quantitative estimate of drug-likeness (QED) is 0.0186. The highest BCUT2D eigenvalue weighted by molar-refractivity contribution is 7.47. The Hall–Kier alpha value is -1.55. The molecule has 0 aromatic rings. The van der Waals surface area contributed by atoms with Crippen molar-refractivity contribution in [3.63, 3.8) is 0 Å².